The van der Waals surface area contributed by atoms with Gasteiger partial charge in [0.2, 0.25) is 11.8 Å². The van der Waals surface area contributed by atoms with Gasteiger partial charge >= 0.3 is 12.1 Å². The van der Waals surface area contributed by atoms with Gasteiger partial charge in [0, 0.05) is 10.4 Å². The molecule has 0 aliphatic carbocycles. The van der Waals surface area contributed by atoms with Crippen LogP contribution in [0.1, 0.15) is 17.0 Å². The maximum Gasteiger partial charge on any atom is 0.418 e. The Morgan fingerprint density at radius 2 is 1.94 bits per heavy atom. The molecular weight excluding hydrogens is 551 g/mol. The lowest BCUT2D eigenvalue weighted by Crippen LogP contribution is -2.44. The minimum atomic E-state index is -4.66. The molecule has 2 N–H and O–H groups in total. The van der Waals surface area contributed by atoms with E-state index in [-0.39, 0.29) is 10.6 Å². The fourth-order valence-corrected chi connectivity index (χ4v) is 4.81. The molecule has 3 rings (SSSR count). The third-order valence-corrected chi connectivity index (χ3v) is 6.56. The Hall–Kier alpha value is -3.30. The Balaban J connectivity index is 1.90. The Bertz CT molecular complexity index is 1240. The summed E-state index contributed by atoms with van der Waals surface area (Å²) in [5.41, 5.74) is -0.906. The van der Waals surface area contributed by atoms with Gasteiger partial charge in [-0.25, -0.2) is 0 Å². The smallest absolute Gasteiger partial charge is 0.418 e. The van der Waals surface area contributed by atoms with Crippen molar-refractivity contribution in [2.24, 2.45) is 5.92 Å². The van der Waals surface area contributed by atoms with E-state index in [2.05, 4.69) is 26.6 Å². The van der Waals surface area contributed by atoms with Crippen molar-refractivity contribution >= 4 is 51.2 Å². The van der Waals surface area contributed by atoms with E-state index < -0.39 is 52.8 Å². The highest BCUT2D eigenvalue weighted by Gasteiger charge is 2.44. The summed E-state index contributed by atoms with van der Waals surface area (Å²) in [4.78, 5) is 37.7. The van der Waals surface area contributed by atoms with Gasteiger partial charge in [-0.05, 0) is 29.8 Å². The molecule has 2 amide bonds. The first kappa shape index (κ1) is 26.3. The van der Waals surface area contributed by atoms with Crippen LogP contribution < -0.4 is 10.6 Å². The molecule has 7 nitrogen and oxygen atoms in total. The number of thioether (sulfide) groups is 1. The van der Waals surface area contributed by atoms with Gasteiger partial charge < -0.3 is 15.4 Å². The van der Waals surface area contributed by atoms with Crippen LogP contribution >= 0.6 is 27.7 Å². The van der Waals surface area contributed by atoms with E-state index in [1.807, 2.05) is 6.07 Å². The van der Waals surface area contributed by atoms with Crippen LogP contribution in [0.3, 0.4) is 0 Å². The number of nitrogens with one attached hydrogen (secondary N) is 2. The monoisotopic (exact) mass is 567 g/mol. The van der Waals surface area contributed by atoms with Gasteiger partial charge in [-0.15, -0.1) is 0 Å². The number of nitrogens with zero attached hydrogens (tertiary/aromatic N) is 1. The number of carbonyl (C=O) groups excluding carboxylic acids is 3. The molecule has 0 fully saturated rings. The van der Waals surface area contributed by atoms with Crippen LogP contribution in [0.4, 0.5) is 18.9 Å². The molecule has 12 heteroatoms. The van der Waals surface area contributed by atoms with Crippen LogP contribution in [0.15, 0.2) is 63.6 Å². The molecule has 1 aliphatic rings. The maximum absolute atomic E-state index is 13.2. The first-order chi connectivity index (χ1) is 16.6. The van der Waals surface area contributed by atoms with Crippen LogP contribution in [-0.4, -0.2) is 30.6 Å². The van der Waals surface area contributed by atoms with Crippen molar-refractivity contribution in [2.45, 2.75) is 12.1 Å². The molecule has 2 aromatic rings. The molecule has 0 spiro atoms. The van der Waals surface area contributed by atoms with Gasteiger partial charge in [0.15, 0.2) is 0 Å². The normalized spacial score (nSPS) is 17.9. The summed E-state index contributed by atoms with van der Waals surface area (Å²) in [6, 6.07) is 13.2. The van der Waals surface area contributed by atoms with Crippen molar-refractivity contribution in [3.8, 4) is 6.07 Å². The summed E-state index contributed by atoms with van der Waals surface area (Å²) in [6.07, 6.45) is -4.66. The fourth-order valence-electron chi connectivity index (χ4n) is 3.54. The van der Waals surface area contributed by atoms with Crippen molar-refractivity contribution in [1.29, 1.82) is 5.26 Å². The molecule has 0 saturated carbocycles. The van der Waals surface area contributed by atoms with Crippen LogP contribution in [-0.2, 0) is 25.3 Å². The van der Waals surface area contributed by atoms with Gasteiger partial charge in [0.1, 0.15) is 5.92 Å². The van der Waals surface area contributed by atoms with Crippen molar-refractivity contribution < 1.29 is 32.3 Å². The molecule has 0 unspecified atom stereocenters. The Kier molecular flexibility index (Phi) is 8.24. The number of carbonyl (C=O) groups is 3. The Morgan fingerprint density at radius 3 is 2.57 bits per heavy atom. The number of esters is 1. The molecule has 182 valence electrons. The highest BCUT2D eigenvalue weighted by Crippen LogP contribution is 2.41. The quantitative estimate of drug-likeness (QED) is 0.391. The van der Waals surface area contributed by atoms with Crippen LogP contribution in [0, 0.1) is 17.2 Å². The van der Waals surface area contributed by atoms with Gasteiger partial charge in [0.05, 0.1) is 40.8 Å². The van der Waals surface area contributed by atoms with Gasteiger partial charge in [0.25, 0.3) is 0 Å². The topological polar surface area (TPSA) is 108 Å². The number of rotatable bonds is 6. The number of amides is 2. The number of para-hydroxylation sites is 1. The van der Waals surface area contributed by atoms with Crippen molar-refractivity contribution in [3.05, 3.63) is 74.7 Å². The fraction of sp³-hybridized carbons (Fsp3) is 0.217. The molecule has 0 bridgehead atoms. The number of methoxy groups -OCH3 is 1. The Morgan fingerprint density at radius 1 is 1.23 bits per heavy atom. The summed E-state index contributed by atoms with van der Waals surface area (Å²) < 4.78 is 45.0. The highest BCUT2D eigenvalue weighted by molar-refractivity contribution is 9.10. The molecule has 0 saturated heterocycles. The van der Waals surface area contributed by atoms with Crippen LogP contribution in [0.5, 0.6) is 0 Å². The first-order valence-electron chi connectivity index (χ1n) is 9.94. The predicted molar refractivity (Wildman–Crippen MR) is 126 cm³/mol. The number of nitriles is 1. The zero-order chi connectivity index (χ0) is 25.8. The number of benzene rings is 2. The van der Waals surface area contributed by atoms with Crippen LogP contribution in [0.2, 0.25) is 0 Å². The van der Waals surface area contributed by atoms with E-state index in [1.165, 1.54) is 12.1 Å². The summed E-state index contributed by atoms with van der Waals surface area (Å²) in [6.45, 7) is 0. The van der Waals surface area contributed by atoms with Crippen molar-refractivity contribution in [1.82, 2.24) is 5.32 Å². The summed E-state index contributed by atoms with van der Waals surface area (Å²) in [7, 11) is 1.12. The molecule has 0 radical (unpaired) electrons. The molecule has 35 heavy (non-hydrogen) atoms. The summed E-state index contributed by atoms with van der Waals surface area (Å²) >= 11 is 4.09. The number of hydrogen-bond donors (Lipinski definition) is 2. The van der Waals surface area contributed by atoms with E-state index in [0.717, 1.165) is 31.0 Å². The number of anilines is 1. The maximum atomic E-state index is 13.2. The number of ether oxygens (including phenoxy) is 1. The molecule has 2 aromatic carbocycles. The largest absolute Gasteiger partial charge is 0.468 e. The van der Waals surface area contributed by atoms with Crippen molar-refractivity contribution in [3.63, 3.8) is 0 Å². The minimum absolute atomic E-state index is 0.0200. The van der Waals surface area contributed by atoms with E-state index in [9.17, 15) is 32.8 Å². The molecule has 2 atom stereocenters. The van der Waals surface area contributed by atoms with Crippen LogP contribution in [0.25, 0.3) is 0 Å². The number of hydrogen-bond acceptors (Lipinski definition) is 6. The van der Waals surface area contributed by atoms with Gasteiger partial charge in [-0.1, -0.05) is 52.0 Å². The predicted octanol–water partition coefficient (Wildman–Crippen LogP) is 4.58. The molecule has 0 aromatic heterocycles. The SMILES string of the molecule is COC(=O)[C@@H]1C(=O)NC(SCC(=O)Nc2ccccc2C(F)(F)F)=C(C#N)[C@H]1c1cccc(Br)c1. The third kappa shape index (κ3) is 6.04. The van der Waals surface area contributed by atoms with E-state index in [4.69, 9.17) is 4.74 Å². The second-order valence-electron chi connectivity index (χ2n) is 7.26. The van der Waals surface area contributed by atoms with Gasteiger partial charge in [-0.3, -0.25) is 14.4 Å². The number of halogens is 4. The second-order valence-corrected chi connectivity index (χ2v) is 9.16. The lowest BCUT2D eigenvalue weighted by Gasteiger charge is -2.31. The standard InChI is InChI=1S/C23H17BrF3N3O4S/c1-34-22(33)19-18(12-5-4-6-13(24)9-12)14(10-28)21(30-20(19)32)35-11-17(31)29-16-8-3-2-7-15(16)23(25,26)27/h2-9,18-19H,11H2,1H3,(H,29,31)(H,30,32)/t18-,19+/m1/s1. The second kappa shape index (κ2) is 11.0. The first-order valence-corrected chi connectivity index (χ1v) is 11.7. The lowest BCUT2D eigenvalue weighted by atomic mass is 9.78. The minimum Gasteiger partial charge on any atom is -0.468 e. The van der Waals surface area contributed by atoms with E-state index >= 15 is 0 Å². The zero-order valence-electron chi connectivity index (χ0n) is 18.0. The zero-order valence-corrected chi connectivity index (χ0v) is 20.4. The van der Waals surface area contributed by atoms with E-state index in [1.54, 1.807) is 24.3 Å². The van der Waals surface area contributed by atoms with Crippen molar-refractivity contribution in [2.75, 3.05) is 18.2 Å². The highest BCUT2D eigenvalue weighted by atomic mass is 79.9. The average Bonchev–Trinajstić information content (AvgIpc) is 2.81. The molecule has 1 heterocycles. The molecular formula is C23H17BrF3N3O4S. The summed E-state index contributed by atoms with van der Waals surface area (Å²) in [5.74, 6) is -5.09. The third-order valence-electron chi connectivity index (χ3n) is 5.05. The van der Waals surface area contributed by atoms with Gasteiger partial charge in [-0.2, -0.15) is 18.4 Å². The average molecular weight is 568 g/mol. The number of allylic oxidation sites excluding steroid dienone is 1. The molecule has 1 aliphatic heterocycles. The number of alkyl halides is 3. The van der Waals surface area contributed by atoms with E-state index in [0.29, 0.717) is 10.0 Å². The Labute approximate surface area is 210 Å². The summed E-state index contributed by atoms with van der Waals surface area (Å²) in [5, 5.41) is 14.6. The lowest BCUT2D eigenvalue weighted by molar-refractivity contribution is -0.150.